The highest BCUT2D eigenvalue weighted by molar-refractivity contribution is 5.79. The largest absolute Gasteiger partial charge is 0.497 e. The molecular formula is C15H19NO2. The highest BCUT2D eigenvalue weighted by Gasteiger charge is 2.50. The van der Waals surface area contributed by atoms with E-state index in [1.54, 1.807) is 7.11 Å². The monoisotopic (exact) mass is 245 g/mol. The van der Waals surface area contributed by atoms with Gasteiger partial charge in [-0.2, -0.15) is 0 Å². The number of hydrogen-bond acceptors (Lipinski definition) is 2. The van der Waals surface area contributed by atoms with Crippen LogP contribution in [-0.4, -0.2) is 13.0 Å². The van der Waals surface area contributed by atoms with E-state index < -0.39 is 0 Å². The predicted octanol–water partition coefficient (Wildman–Crippen LogP) is 2.31. The lowest BCUT2D eigenvalue weighted by atomic mass is 9.75. The highest BCUT2D eigenvalue weighted by Crippen LogP contribution is 2.56. The SMILES string of the molecule is COc1ccc([C@H]2[C@H]3CC[C@H](C3)[C@@H]2C(N)=O)cc1. The van der Waals surface area contributed by atoms with Crippen LogP contribution >= 0.6 is 0 Å². The summed E-state index contributed by atoms with van der Waals surface area (Å²) < 4.78 is 5.18. The van der Waals surface area contributed by atoms with Crippen LogP contribution in [0.5, 0.6) is 5.75 Å². The molecule has 96 valence electrons. The van der Waals surface area contributed by atoms with E-state index in [0.717, 1.165) is 5.75 Å². The van der Waals surface area contributed by atoms with E-state index in [-0.39, 0.29) is 11.8 Å². The number of carbonyl (C=O) groups excluding carboxylic acids is 1. The van der Waals surface area contributed by atoms with Gasteiger partial charge in [0.05, 0.1) is 7.11 Å². The average molecular weight is 245 g/mol. The molecule has 0 spiro atoms. The molecule has 0 heterocycles. The van der Waals surface area contributed by atoms with E-state index in [4.69, 9.17) is 10.5 Å². The Bertz CT molecular complexity index is 454. The van der Waals surface area contributed by atoms with Crippen LogP contribution in [0.25, 0.3) is 0 Å². The number of methoxy groups -OCH3 is 1. The third-order valence-corrected chi connectivity index (χ3v) is 4.75. The highest BCUT2D eigenvalue weighted by atomic mass is 16.5. The molecule has 0 aromatic heterocycles. The molecule has 1 aromatic rings. The number of fused-ring (bicyclic) bond motifs is 2. The van der Waals surface area contributed by atoms with Crippen LogP contribution in [0.1, 0.15) is 30.7 Å². The summed E-state index contributed by atoms with van der Waals surface area (Å²) in [5, 5.41) is 0. The van der Waals surface area contributed by atoms with Crippen molar-refractivity contribution in [1.82, 2.24) is 0 Å². The third kappa shape index (κ3) is 1.69. The van der Waals surface area contributed by atoms with Crippen LogP contribution in [-0.2, 0) is 4.79 Å². The summed E-state index contributed by atoms with van der Waals surface area (Å²) >= 11 is 0. The Morgan fingerprint density at radius 1 is 1.22 bits per heavy atom. The second kappa shape index (κ2) is 4.30. The van der Waals surface area contributed by atoms with E-state index >= 15 is 0 Å². The molecule has 4 atom stereocenters. The topological polar surface area (TPSA) is 52.3 Å². The number of carbonyl (C=O) groups is 1. The Balaban J connectivity index is 1.91. The van der Waals surface area contributed by atoms with Crippen LogP contribution in [0, 0.1) is 17.8 Å². The van der Waals surface area contributed by atoms with Crippen molar-refractivity contribution in [3.05, 3.63) is 29.8 Å². The van der Waals surface area contributed by atoms with E-state index in [0.29, 0.717) is 17.8 Å². The molecule has 3 rings (SSSR count). The van der Waals surface area contributed by atoms with Gasteiger partial charge >= 0.3 is 0 Å². The Labute approximate surface area is 107 Å². The van der Waals surface area contributed by atoms with Crippen LogP contribution in [0.15, 0.2) is 24.3 Å². The van der Waals surface area contributed by atoms with E-state index in [9.17, 15) is 4.79 Å². The minimum absolute atomic E-state index is 0.0390. The number of rotatable bonds is 3. The molecular weight excluding hydrogens is 226 g/mol. The molecule has 1 amide bonds. The fraction of sp³-hybridized carbons (Fsp3) is 0.533. The van der Waals surface area contributed by atoms with Crippen molar-refractivity contribution in [1.29, 1.82) is 0 Å². The molecule has 2 N–H and O–H groups in total. The fourth-order valence-corrected chi connectivity index (χ4v) is 4.01. The van der Waals surface area contributed by atoms with Crippen molar-refractivity contribution in [2.24, 2.45) is 23.5 Å². The molecule has 2 bridgehead atoms. The number of nitrogens with two attached hydrogens (primary N) is 1. The maximum absolute atomic E-state index is 11.7. The maximum Gasteiger partial charge on any atom is 0.221 e. The zero-order valence-electron chi connectivity index (χ0n) is 10.6. The van der Waals surface area contributed by atoms with Crippen LogP contribution in [0.4, 0.5) is 0 Å². The molecule has 3 nitrogen and oxygen atoms in total. The molecule has 2 saturated carbocycles. The van der Waals surface area contributed by atoms with Gasteiger partial charge in [-0.15, -0.1) is 0 Å². The van der Waals surface area contributed by atoms with Gasteiger partial charge in [0.1, 0.15) is 5.75 Å². The number of primary amides is 1. The van der Waals surface area contributed by atoms with Crippen LogP contribution < -0.4 is 10.5 Å². The Kier molecular flexibility index (Phi) is 2.77. The van der Waals surface area contributed by atoms with E-state index in [1.165, 1.54) is 24.8 Å². The first-order valence-corrected chi connectivity index (χ1v) is 6.64. The minimum atomic E-state index is -0.122. The zero-order chi connectivity index (χ0) is 12.7. The lowest BCUT2D eigenvalue weighted by Crippen LogP contribution is -2.33. The van der Waals surface area contributed by atoms with Gasteiger partial charge in [0.2, 0.25) is 5.91 Å². The molecule has 2 aliphatic rings. The Morgan fingerprint density at radius 2 is 1.89 bits per heavy atom. The van der Waals surface area contributed by atoms with Crippen LogP contribution in [0.2, 0.25) is 0 Å². The molecule has 1 aromatic carbocycles. The summed E-state index contributed by atoms with van der Waals surface area (Å²) in [6, 6.07) is 8.11. The van der Waals surface area contributed by atoms with Crippen molar-refractivity contribution in [2.45, 2.75) is 25.2 Å². The molecule has 0 saturated heterocycles. The molecule has 3 heteroatoms. The molecule has 0 aliphatic heterocycles. The second-order valence-electron chi connectivity index (χ2n) is 5.56. The normalized spacial score (nSPS) is 33.6. The molecule has 0 unspecified atom stereocenters. The summed E-state index contributed by atoms with van der Waals surface area (Å²) in [7, 11) is 1.67. The van der Waals surface area contributed by atoms with Gasteiger partial charge in [-0.05, 0) is 54.7 Å². The van der Waals surface area contributed by atoms with Crippen LogP contribution in [0.3, 0.4) is 0 Å². The van der Waals surface area contributed by atoms with Gasteiger partial charge in [0.25, 0.3) is 0 Å². The van der Waals surface area contributed by atoms with Gasteiger partial charge in [-0.25, -0.2) is 0 Å². The molecule has 18 heavy (non-hydrogen) atoms. The average Bonchev–Trinajstić information content (AvgIpc) is 2.99. The summed E-state index contributed by atoms with van der Waals surface area (Å²) in [5.74, 6) is 2.25. The number of hydrogen-bond donors (Lipinski definition) is 1. The summed E-state index contributed by atoms with van der Waals surface area (Å²) in [6.45, 7) is 0. The standard InChI is InChI=1S/C15H19NO2/c1-18-12-6-4-9(5-7-12)13-10-2-3-11(8-10)14(13)15(16)17/h4-7,10-11,13-14H,2-3,8H2,1H3,(H2,16,17)/t10-,11+,13-,14-/m0/s1. The van der Waals surface area contributed by atoms with E-state index in [2.05, 4.69) is 12.1 Å². The first-order chi connectivity index (χ1) is 8.70. The smallest absolute Gasteiger partial charge is 0.221 e. The zero-order valence-corrected chi connectivity index (χ0v) is 10.6. The van der Waals surface area contributed by atoms with Crippen molar-refractivity contribution >= 4 is 5.91 Å². The lowest BCUT2D eigenvalue weighted by molar-refractivity contribution is -0.123. The van der Waals surface area contributed by atoms with Crippen molar-refractivity contribution in [2.75, 3.05) is 7.11 Å². The summed E-state index contributed by atoms with van der Waals surface area (Å²) in [6.07, 6.45) is 3.58. The van der Waals surface area contributed by atoms with Gasteiger partial charge in [0.15, 0.2) is 0 Å². The van der Waals surface area contributed by atoms with Gasteiger partial charge in [0, 0.05) is 5.92 Å². The third-order valence-electron chi connectivity index (χ3n) is 4.75. The quantitative estimate of drug-likeness (QED) is 0.888. The van der Waals surface area contributed by atoms with Crippen molar-refractivity contribution < 1.29 is 9.53 Å². The van der Waals surface area contributed by atoms with Crippen molar-refractivity contribution in [3.8, 4) is 5.75 Å². The van der Waals surface area contributed by atoms with Crippen molar-refractivity contribution in [3.63, 3.8) is 0 Å². The molecule has 2 aliphatic carbocycles. The number of ether oxygens (including phenoxy) is 1. The van der Waals surface area contributed by atoms with Gasteiger partial charge < -0.3 is 10.5 Å². The van der Waals surface area contributed by atoms with Gasteiger partial charge in [-0.3, -0.25) is 4.79 Å². The fourth-order valence-electron chi connectivity index (χ4n) is 4.01. The lowest BCUT2D eigenvalue weighted by Gasteiger charge is -2.29. The second-order valence-corrected chi connectivity index (χ2v) is 5.56. The van der Waals surface area contributed by atoms with E-state index in [1.807, 2.05) is 12.1 Å². The summed E-state index contributed by atoms with van der Waals surface area (Å²) in [4.78, 5) is 11.7. The first-order valence-electron chi connectivity index (χ1n) is 6.64. The summed E-state index contributed by atoms with van der Waals surface area (Å²) in [5.41, 5.74) is 6.85. The predicted molar refractivity (Wildman–Crippen MR) is 69.3 cm³/mol. The van der Waals surface area contributed by atoms with Gasteiger partial charge in [-0.1, -0.05) is 12.1 Å². The Hall–Kier alpha value is -1.51. The minimum Gasteiger partial charge on any atom is -0.497 e. The number of amides is 1. The molecule has 2 fully saturated rings. The molecule has 0 radical (unpaired) electrons. The first kappa shape index (κ1) is 11.6. The maximum atomic E-state index is 11.7. The Morgan fingerprint density at radius 3 is 2.50 bits per heavy atom. The number of benzene rings is 1.